The predicted molar refractivity (Wildman–Crippen MR) is 114 cm³/mol. The number of hydrogen-bond acceptors (Lipinski definition) is 4. The quantitative estimate of drug-likeness (QED) is 0.805. The van der Waals surface area contributed by atoms with Gasteiger partial charge < -0.3 is 15.7 Å². The molecule has 5 nitrogen and oxygen atoms in total. The van der Waals surface area contributed by atoms with Gasteiger partial charge in [-0.1, -0.05) is 26.2 Å². The Morgan fingerprint density at radius 3 is 2.38 bits per heavy atom. The zero-order valence-electron chi connectivity index (χ0n) is 17.6. The molecule has 0 bridgehead atoms. The fourth-order valence-electron chi connectivity index (χ4n) is 4.22. The van der Waals surface area contributed by atoms with Crippen LogP contribution in [0.4, 0.5) is 10.1 Å². The van der Waals surface area contributed by atoms with Gasteiger partial charge in [-0.05, 0) is 56.7 Å². The van der Waals surface area contributed by atoms with Crippen LogP contribution in [0.1, 0.15) is 63.2 Å². The number of hydrogen-bond donors (Lipinski definition) is 2. The molecule has 1 aliphatic heterocycles. The number of primary amides is 1. The van der Waals surface area contributed by atoms with Gasteiger partial charge in [0.05, 0.1) is 22.4 Å². The fraction of sp³-hybridized carbons (Fsp3) is 0.565. The topological polar surface area (TPSA) is 79.4 Å². The van der Waals surface area contributed by atoms with Crippen molar-refractivity contribution in [3.8, 4) is 0 Å². The number of halogens is 1. The number of aliphatic hydroxyl groups is 1. The molecule has 2 aliphatic rings. The largest absolute Gasteiger partial charge is 0.390 e. The standard InChI is InChI=1S/C14H14FN3O.C9H18O/c1-8-6-18(7-8)13-4-12-9(3-11(13)15)2-10(5-17-12)14(16)19;1-9(2,10)8-6-4-3-5-7-8/h2-5,8H,6-7H2,1H3,(H2,16,19);8,10H,3-7H2,1-2H3. The SMILES string of the molecule is CC(C)(O)C1CCCCC1.CC1CN(c2cc3ncc(C(N)=O)cc3cc2F)C1. The van der Waals surface area contributed by atoms with Gasteiger partial charge in [0.1, 0.15) is 5.82 Å². The predicted octanol–water partition coefficient (Wildman–Crippen LogP) is 4.27. The van der Waals surface area contributed by atoms with Crippen LogP contribution in [0.2, 0.25) is 0 Å². The lowest BCUT2D eigenvalue weighted by atomic mass is 9.79. The van der Waals surface area contributed by atoms with Crippen molar-refractivity contribution >= 4 is 22.5 Å². The molecular weight excluding hydrogens is 369 g/mol. The highest BCUT2D eigenvalue weighted by Gasteiger charge is 2.27. The van der Waals surface area contributed by atoms with Gasteiger partial charge in [-0.2, -0.15) is 0 Å². The van der Waals surface area contributed by atoms with Gasteiger partial charge in [-0.25, -0.2) is 4.39 Å². The highest BCUT2D eigenvalue weighted by Crippen LogP contribution is 2.32. The van der Waals surface area contributed by atoms with E-state index in [1.807, 2.05) is 18.7 Å². The maximum Gasteiger partial charge on any atom is 0.250 e. The summed E-state index contributed by atoms with van der Waals surface area (Å²) in [5, 5.41) is 10.2. The van der Waals surface area contributed by atoms with E-state index in [-0.39, 0.29) is 11.4 Å². The Morgan fingerprint density at radius 1 is 1.21 bits per heavy atom. The molecular formula is C23H32FN3O2. The Hall–Kier alpha value is -2.21. The monoisotopic (exact) mass is 401 g/mol. The molecule has 1 saturated carbocycles. The summed E-state index contributed by atoms with van der Waals surface area (Å²) in [4.78, 5) is 17.2. The molecule has 4 rings (SSSR count). The number of carbonyl (C=O) groups excluding carboxylic acids is 1. The normalized spacial score (nSPS) is 18.2. The van der Waals surface area contributed by atoms with Crippen LogP contribution < -0.4 is 10.6 Å². The van der Waals surface area contributed by atoms with Gasteiger partial charge in [0.2, 0.25) is 5.91 Å². The smallest absolute Gasteiger partial charge is 0.250 e. The number of anilines is 1. The summed E-state index contributed by atoms with van der Waals surface area (Å²) in [5.74, 6) is 0.305. The number of fused-ring (bicyclic) bond motifs is 1. The maximum absolute atomic E-state index is 14.1. The molecule has 2 aromatic rings. The van der Waals surface area contributed by atoms with Crippen LogP contribution in [0, 0.1) is 17.7 Å². The molecule has 0 spiro atoms. The number of aromatic nitrogens is 1. The number of amides is 1. The molecule has 1 amide bonds. The van der Waals surface area contributed by atoms with E-state index in [0.29, 0.717) is 28.4 Å². The molecule has 2 fully saturated rings. The van der Waals surface area contributed by atoms with Crippen molar-refractivity contribution in [2.45, 2.75) is 58.5 Å². The highest BCUT2D eigenvalue weighted by atomic mass is 19.1. The van der Waals surface area contributed by atoms with Crippen molar-refractivity contribution in [1.29, 1.82) is 0 Å². The molecule has 1 aliphatic carbocycles. The minimum absolute atomic E-state index is 0.289. The van der Waals surface area contributed by atoms with Crippen molar-refractivity contribution in [2.75, 3.05) is 18.0 Å². The lowest BCUT2D eigenvalue weighted by Gasteiger charge is -2.39. The molecule has 1 aromatic heterocycles. The lowest BCUT2D eigenvalue weighted by Crippen LogP contribution is -2.45. The average molecular weight is 402 g/mol. The molecule has 1 saturated heterocycles. The Kier molecular flexibility index (Phi) is 6.42. The molecule has 1 aromatic carbocycles. The van der Waals surface area contributed by atoms with Crippen LogP contribution in [0.25, 0.3) is 10.9 Å². The molecule has 3 N–H and O–H groups in total. The molecule has 6 heteroatoms. The number of benzene rings is 1. The zero-order chi connectivity index (χ0) is 21.2. The van der Waals surface area contributed by atoms with E-state index in [2.05, 4.69) is 11.9 Å². The summed E-state index contributed by atoms with van der Waals surface area (Å²) in [5.41, 5.74) is 6.29. The Morgan fingerprint density at radius 2 is 1.86 bits per heavy atom. The second kappa shape index (κ2) is 8.66. The van der Waals surface area contributed by atoms with E-state index >= 15 is 0 Å². The van der Waals surface area contributed by atoms with E-state index < -0.39 is 11.5 Å². The first-order valence-corrected chi connectivity index (χ1v) is 10.5. The van der Waals surface area contributed by atoms with Gasteiger partial charge in [0.25, 0.3) is 0 Å². The van der Waals surface area contributed by atoms with Gasteiger partial charge in [-0.3, -0.25) is 9.78 Å². The van der Waals surface area contributed by atoms with Crippen LogP contribution in [0.15, 0.2) is 24.4 Å². The van der Waals surface area contributed by atoms with Crippen LogP contribution in [-0.2, 0) is 0 Å². The molecule has 0 atom stereocenters. The van der Waals surface area contributed by atoms with E-state index in [9.17, 15) is 14.3 Å². The van der Waals surface area contributed by atoms with E-state index in [4.69, 9.17) is 5.73 Å². The first kappa shape index (κ1) is 21.5. The average Bonchev–Trinajstić information content (AvgIpc) is 2.65. The summed E-state index contributed by atoms with van der Waals surface area (Å²) in [7, 11) is 0. The summed E-state index contributed by atoms with van der Waals surface area (Å²) < 4.78 is 14.1. The number of pyridine rings is 1. The number of nitrogens with two attached hydrogens (primary N) is 1. The van der Waals surface area contributed by atoms with Crippen LogP contribution in [-0.4, -0.2) is 34.7 Å². The molecule has 0 radical (unpaired) electrons. The third-order valence-electron chi connectivity index (χ3n) is 6.04. The van der Waals surface area contributed by atoms with Crippen LogP contribution in [0.5, 0.6) is 0 Å². The van der Waals surface area contributed by atoms with Crippen molar-refractivity contribution in [3.05, 3.63) is 35.8 Å². The second-order valence-corrected chi connectivity index (χ2v) is 9.08. The summed E-state index contributed by atoms with van der Waals surface area (Å²) >= 11 is 0. The van der Waals surface area contributed by atoms with E-state index in [1.165, 1.54) is 44.4 Å². The molecule has 0 unspecified atom stereocenters. The summed E-state index contributed by atoms with van der Waals surface area (Å²) in [6.45, 7) is 7.72. The molecule has 29 heavy (non-hydrogen) atoms. The van der Waals surface area contributed by atoms with Crippen molar-refractivity contribution in [2.24, 2.45) is 17.6 Å². The number of rotatable bonds is 3. The minimum atomic E-state index is -0.560. The van der Waals surface area contributed by atoms with Gasteiger partial charge >= 0.3 is 0 Å². The van der Waals surface area contributed by atoms with Crippen LogP contribution >= 0.6 is 0 Å². The number of nitrogens with zero attached hydrogens (tertiary/aromatic N) is 2. The van der Waals surface area contributed by atoms with Crippen molar-refractivity contribution in [3.63, 3.8) is 0 Å². The Balaban J connectivity index is 0.000000204. The third-order valence-corrected chi connectivity index (χ3v) is 6.04. The minimum Gasteiger partial charge on any atom is -0.390 e. The maximum atomic E-state index is 14.1. The summed E-state index contributed by atoms with van der Waals surface area (Å²) in [6.07, 6.45) is 7.87. The van der Waals surface area contributed by atoms with Gasteiger partial charge in [0, 0.05) is 24.7 Å². The molecule has 158 valence electrons. The fourth-order valence-corrected chi connectivity index (χ4v) is 4.22. The van der Waals surface area contributed by atoms with E-state index in [0.717, 1.165) is 13.1 Å². The Bertz CT molecular complexity index is 866. The number of carbonyl (C=O) groups is 1. The van der Waals surface area contributed by atoms with Crippen LogP contribution in [0.3, 0.4) is 0 Å². The first-order chi connectivity index (χ1) is 13.6. The summed E-state index contributed by atoms with van der Waals surface area (Å²) in [6, 6.07) is 4.70. The lowest BCUT2D eigenvalue weighted by molar-refractivity contribution is 0.000830. The Labute approximate surface area is 172 Å². The van der Waals surface area contributed by atoms with Gasteiger partial charge in [0.15, 0.2) is 0 Å². The van der Waals surface area contributed by atoms with Crippen molar-refractivity contribution in [1.82, 2.24) is 4.98 Å². The molecule has 2 heterocycles. The third kappa shape index (κ3) is 5.24. The van der Waals surface area contributed by atoms with Crippen molar-refractivity contribution < 1.29 is 14.3 Å². The zero-order valence-corrected chi connectivity index (χ0v) is 17.6. The van der Waals surface area contributed by atoms with E-state index in [1.54, 1.807) is 12.1 Å². The first-order valence-electron chi connectivity index (χ1n) is 10.5. The van der Waals surface area contributed by atoms with Gasteiger partial charge in [-0.15, -0.1) is 0 Å². The second-order valence-electron chi connectivity index (χ2n) is 9.08. The highest BCUT2D eigenvalue weighted by molar-refractivity contribution is 5.96.